The maximum atomic E-state index is 11.5. The monoisotopic (exact) mass is 396 g/mol. The Balaban J connectivity index is -0.00000162. The third-order valence-corrected chi connectivity index (χ3v) is 3.62. The van der Waals surface area contributed by atoms with Crippen molar-refractivity contribution >= 4 is 14.1 Å². The molecule has 21 heavy (non-hydrogen) atoms. The third kappa shape index (κ3) is 18.8. The van der Waals surface area contributed by atoms with Gasteiger partial charge < -0.3 is 26.2 Å². The van der Waals surface area contributed by atoms with Crippen LogP contribution in [0.5, 0.6) is 0 Å². The first-order chi connectivity index (χ1) is 8.66. The third-order valence-electron chi connectivity index (χ3n) is 2.38. The molecule has 7 heteroatoms. The van der Waals surface area contributed by atoms with Crippen LogP contribution in [0.1, 0.15) is 59.8 Å². The Kier molecular flexibility index (Phi) is 17.0. The molecular formula is C14H28O5PY-3. The second kappa shape index (κ2) is 13.3. The summed E-state index contributed by atoms with van der Waals surface area (Å²) in [6.45, 7) is 7.05. The fourth-order valence-electron chi connectivity index (χ4n) is 1.53. The van der Waals surface area contributed by atoms with Gasteiger partial charge in [0.05, 0.1) is 12.2 Å². The van der Waals surface area contributed by atoms with E-state index in [1.807, 2.05) is 13.2 Å². The van der Waals surface area contributed by atoms with E-state index < -0.39 is 13.4 Å². The molecule has 0 heterocycles. The molecule has 2 unspecified atom stereocenters. The second-order valence-electron chi connectivity index (χ2n) is 5.80. The molecule has 1 radical (unpaired) electrons. The number of hydrogen-bond donors (Lipinski definition) is 0. The Hall–Kier alpha value is 0.884. The Bertz CT molecular complexity index is 304. The van der Waals surface area contributed by atoms with E-state index in [2.05, 4.69) is 0 Å². The van der Waals surface area contributed by atoms with Gasteiger partial charge in [0.1, 0.15) is 0 Å². The van der Waals surface area contributed by atoms with Crippen LogP contribution >= 0.6 is 7.82 Å². The first-order valence-electron chi connectivity index (χ1n) is 6.67. The first kappa shape index (κ1) is 26.8. The molecule has 0 fully saturated rings. The molecule has 0 aliphatic heterocycles. The zero-order valence-corrected chi connectivity index (χ0v) is 17.6. The van der Waals surface area contributed by atoms with Gasteiger partial charge in [0.25, 0.3) is 7.82 Å². The smallest absolute Gasteiger partial charge is 0.268 e. The normalized spacial score (nSPS) is 15.3. The molecule has 0 aromatic heterocycles. The van der Waals surface area contributed by atoms with Gasteiger partial charge in [-0.2, -0.15) is 6.42 Å². The minimum Gasteiger partial charge on any atom is -0.756 e. The molecule has 5 nitrogen and oxygen atoms in total. The number of rotatable bonds is 10. The summed E-state index contributed by atoms with van der Waals surface area (Å²) in [7, 11) is -4.22. The van der Waals surface area contributed by atoms with Crippen LogP contribution in [-0.2, 0) is 51.1 Å². The van der Waals surface area contributed by atoms with Crippen molar-refractivity contribution in [2.24, 2.45) is 5.92 Å². The van der Waals surface area contributed by atoms with E-state index in [4.69, 9.17) is 9.05 Å². The van der Waals surface area contributed by atoms with Gasteiger partial charge in [-0.3, -0.25) is 10.9 Å². The van der Waals surface area contributed by atoms with Crippen molar-refractivity contribution in [3.63, 3.8) is 0 Å². The number of carbonyl (C=O) groups excluding carboxylic acids is 1. The number of phosphoric ester groups is 1. The standard InChI is InChI=1S/C13H26O5P.CH3.Y/c1-12(9-7-5-6-8-10-14)11-17-19(15,16)18-13(2,3)4;;/h12H,5-9,11H2,1-4H3,(H,15,16);1H3;/q2*-1;/p-1. The molecule has 0 saturated carbocycles. The Morgan fingerprint density at radius 3 is 2.29 bits per heavy atom. The van der Waals surface area contributed by atoms with E-state index in [0.717, 1.165) is 25.7 Å². The van der Waals surface area contributed by atoms with E-state index in [9.17, 15) is 14.3 Å². The molecule has 0 amide bonds. The topological polar surface area (TPSA) is 75.7 Å². The van der Waals surface area contributed by atoms with Gasteiger partial charge in [0, 0.05) is 32.7 Å². The summed E-state index contributed by atoms with van der Waals surface area (Å²) >= 11 is 0. The van der Waals surface area contributed by atoms with E-state index in [-0.39, 0.29) is 52.7 Å². The Morgan fingerprint density at radius 1 is 1.24 bits per heavy atom. The molecule has 0 N–H and O–H groups in total. The number of hydrogen-bond acceptors (Lipinski definition) is 5. The van der Waals surface area contributed by atoms with Gasteiger partial charge in [-0.1, -0.05) is 26.2 Å². The molecule has 0 aliphatic rings. The fourth-order valence-corrected chi connectivity index (χ4v) is 2.69. The summed E-state index contributed by atoms with van der Waals surface area (Å²) < 4.78 is 21.2. The van der Waals surface area contributed by atoms with Gasteiger partial charge in [-0.25, -0.2) is 0 Å². The van der Waals surface area contributed by atoms with Gasteiger partial charge >= 0.3 is 0 Å². The second-order valence-corrected chi connectivity index (χ2v) is 7.13. The van der Waals surface area contributed by atoms with E-state index in [1.165, 1.54) is 0 Å². The predicted molar refractivity (Wildman–Crippen MR) is 78.8 cm³/mol. The fraction of sp³-hybridized carbons (Fsp3) is 0.857. The zero-order chi connectivity index (χ0) is 14.9. The minimum atomic E-state index is -4.22. The van der Waals surface area contributed by atoms with E-state index >= 15 is 0 Å². The summed E-state index contributed by atoms with van der Waals surface area (Å²) in [5.41, 5.74) is -0.772. The molecule has 0 aliphatic carbocycles. The maximum absolute atomic E-state index is 11.5. The van der Waals surface area contributed by atoms with Crippen molar-refractivity contribution in [2.45, 2.75) is 65.4 Å². The zero-order valence-electron chi connectivity index (χ0n) is 13.9. The average Bonchev–Trinajstić information content (AvgIpc) is 2.23. The Morgan fingerprint density at radius 2 is 1.81 bits per heavy atom. The molecule has 2 atom stereocenters. The van der Waals surface area contributed by atoms with Crippen LogP contribution in [-0.4, -0.2) is 18.5 Å². The van der Waals surface area contributed by atoms with Crippen LogP contribution in [0.15, 0.2) is 0 Å². The quantitative estimate of drug-likeness (QED) is 0.321. The minimum absolute atomic E-state index is 0. The van der Waals surface area contributed by atoms with Crippen molar-refractivity contribution in [3.8, 4) is 0 Å². The van der Waals surface area contributed by atoms with Crippen molar-refractivity contribution < 1.29 is 56.0 Å². The van der Waals surface area contributed by atoms with Crippen molar-refractivity contribution in [1.82, 2.24) is 0 Å². The molecule has 0 spiro atoms. The number of phosphoric acid groups is 1. The van der Waals surface area contributed by atoms with Crippen LogP contribution in [0, 0.1) is 13.3 Å². The van der Waals surface area contributed by atoms with Gasteiger partial charge in [0.15, 0.2) is 0 Å². The van der Waals surface area contributed by atoms with E-state index in [1.54, 1.807) is 20.8 Å². The molecule has 0 rings (SSSR count). The van der Waals surface area contributed by atoms with Gasteiger partial charge in [0.2, 0.25) is 0 Å². The molecule has 125 valence electrons. The molecule has 0 saturated heterocycles. The predicted octanol–water partition coefficient (Wildman–Crippen LogP) is 3.43. The van der Waals surface area contributed by atoms with Crippen molar-refractivity contribution in [1.29, 1.82) is 0 Å². The first-order valence-corrected chi connectivity index (χ1v) is 8.14. The SMILES string of the molecule is CC(CCCCC[C-]=O)COP(=O)([O-])OC(C)(C)C.[CH3-].[Y]. The summed E-state index contributed by atoms with van der Waals surface area (Å²) in [5, 5.41) is 0. The largest absolute Gasteiger partial charge is 0.756 e. The molecule has 0 aromatic rings. The van der Waals surface area contributed by atoms with Crippen molar-refractivity contribution in [3.05, 3.63) is 7.43 Å². The summed E-state index contributed by atoms with van der Waals surface area (Å²) in [5.74, 6) is 0.144. The Labute approximate surface area is 155 Å². The number of unbranched alkanes of at least 4 members (excludes halogenated alkanes) is 3. The van der Waals surface area contributed by atoms with Crippen molar-refractivity contribution in [2.75, 3.05) is 6.61 Å². The van der Waals surface area contributed by atoms with E-state index in [0.29, 0.717) is 6.42 Å². The molecule has 0 bridgehead atoms. The van der Waals surface area contributed by atoms with Crippen LogP contribution in [0.2, 0.25) is 0 Å². The van der Waals surface area contributed by atoms with Crippen LogP contribution in [0.4, 0.5) is 0 Å². The molecular weight excluding hydrogens is 368 g/mol. The van der Waals surface area contributed by atoms with Crippen LogP contribution in [0.3, 0.4) is 0 Å². The summed E-state index contributed by atoms with van der Waals surface area (Å²) in [4.78, 5) is 21.5. The van der Waals surface area contributed by atoms with Crippen LogP contribution in [0.25, 0.3) is 0 Å². The maximum Gasteiger partial charge on any atom is 0.268 e. The molecule has 0 aromatic carbocycles. The average molecular weight is 396 g/mol. The van der Waals surface area contributed by atoms with Gasteiger partial charge in [-0.15, -0.1) is 0 Å². The van der Waals surface area contributed by atoms with Gasteiger partial charge in [-0.05, 0) is 33.1 Å². The summed E-state index contributed by atoms with van der Waals surface area (Å²) in [6.07, 6.45) is 5.94. The van der Waals surface area contributed by atoms with Crippen LogP contribution < -0.4 is 4.89 Å². The summed E-state index contributed by atoms with van der Waals surface area (Å²) in [6, 6.07) is 0.